The Labute approximate surface area is 194 Å². The van der Waals surface area contributed by atoms with Crippen LogP contribution in [0.25, 0.3) is 10.9 Å². The number of anilines is 2. The number of nitrogens with zero attached hydrogens (tertiary/aromatic N) is 2. The zero-order valence-corrected chi connectivity index (χ0v) is 18.7. The van der Waals surface area contributed by atoms with Gasteiger partial charge in [0.1, 0.15) is 18.2 Å². The molecule has 0 bridgehead atoms. The summed E-state index contributed by atoms with van der Waals surface area (Å²) in [5, 5.41) is 3.79. The van der Waals surface area contributed by atoms with Gasteiger partial charge in [0, 0.05) is 30.8 Å². The molecule has 4 rings (SSSR count). The lowest BCUT2D eigenvalue weighted by atomic mass is 10.1. The Bertz CT molecular complexity index is 1170. The molecule has 3 aromatic rings. The quantitative estimate of drug-likeness (QED) is 0.352. The molecule has 0 atom stereocenters. The van der Waals surface area contributed by atoms with Gasteiger partial charge in [-0.2, -0.15) is 13.2 Å². The number of benzene rings is 2. The van der Waals surface area contributed by atoms with Crippen molar-refractivity contribution < 1.29 is 32.1 Å². The molecule has 0 spiro atoms. The molecule has 1 fully saturated rings. The summed E-state index contributed by atoms with van der Waals surface area (Å²) >= 11 is 0. The Morgan fingerprint density at radius 3 is 2.50 bits per heavy atom. The topological polar surface area (TPSA) is 101 Å². The molecule has 1 saturated heterocycles. The van der Waals surface area contributed by atoms with E-state index in [1.807, 2.05) is 0 Å². The first-order valence-electron chi connectivity index (χ1n) is 10.6. The van der Waals surface area contributed by atoms with Gasteiger partial charge in [-0.15, -0.1) is 0 Å². The van der Waals surface area contributed by atoms with E-state index in [9.17, 15) is 13.2 Å². The number of hydrogen-bond donors (Lipinski definition) is 2. The highest BCUT2D eigenvalue weighted by Gasteiger charge is 2.31. The van der Waals surface area contributed by atoms with Gasteiger partial charge in [-0.25, -0.2) is 9.97 Å². The molecule has 1 aliphatic rings. The summed E-state index contributed by atoms with van der Waals surface area (Å²) in [5.41, 5.74) is 5.92. The van der Waals surface area contributed by atoms with Crippen molar-refractivity contribution in [2.24, 2.45) is 0 Å². The predicted molar refractivity (Wildman–Crippen MR) is 120 cm³/mol. The fourth-order valence-electron chi connectivity index (χ4n) is 3.53. The third-order valence-electron chi connectivity index (χ3n) is 5.35. The highest BCUT2D eigenvalue weighted by atomic mass is 19.4. The van der Waals surface area contributed by atoms with Crippen LogP contribution in [0.5, 0.6) is 11.5 Å². The normalized spacial score (nSPS) is 14.1. The monoisotopic (exact) mass is 478 g/mol. The first-order valence-corrected chi connectivity index (χ1v) is 10.6. The van der Waals surface area contributed by atoms with Crippen LogP contribution in [0, 0.1) is 0 Å². The maximum absolute atomic E-state index is 13.2. The van der Waals surface area contributed by atoms with Crippen LogP contribution in [0.4, 0.5) is 24.7 Å². The molecule has 11 heteroatoms. The van der Waals surface area contributed by atoms with Crippen molar-refractivity contribution in [3.63, 3.8) is 0 Å². The number of hydrogen-bond acceptors (Lipinski definition) is 8. The Morgan fingerprint density at radius 1 is 1.06 bits per heavy atom. The van der Waals surface area contributed by atoms with Crippen molar-refractivity contribution in [3.8, 4) is 11.5 Å². The minimum atomic E-state index is -4.49. The van der Waals surface area contributed by atoms with E-state index in [1.165, 1.54) is 13.2 Å². The number of nitrogens with one attached hydrogen (secondary N) is 1. The lowest BCUT2D eigenvalue weighted by molar-refractivity contribution is -0.137. The van der Waals surface area contributed by atoms with E-state index in [-0.39, 0.29) is 18.2 Å². The molecule has 2 aromatic carbocycles. The highest BCUT2D eigenvalue weighted by Crippen LogP contribution is 2.36. The molecule has 3 N–H and O–H groups in total. The van der Waals surface area contributed by atoms with Crippen LogP contribution >= 0.6 is 0 Å². The van der Waals surface area contributed by atoms with Crippen molar-refractivity contribution in [1.82, 2.24) is 9.97 Å². The number of alkyl halides is 3. The van der Waals surface area contributed by atoms with Crippen molar-refractivity contribution in [2.75, 3.05) is 51.7 Å². The number of nitrogen functional groups attached to an aromatic ring is 1. The third-order valence-corrected chi connectivity index (χ3v) is 5.35. The van der Waals surface area contributed by atoms with Gasteiger partial charge in [-0.05, 0) is 29.8 Å². The molecule has 0 unspecified atom stereocenters. The number of ether oxygens (including phenoxy) is 4. The predicted octanol–water partition coefficient (Wildman–Crippen LogP) is 3.99. The van der Waals surface area contributed by atoms with E-state index in [2.05, 4.69) is 15.3 Å². The van der Waals surface area contributed by atoms with Crippen LogP contribution in [-0.4, -0.2) is 50.6 Å². The minimum absolute atomic E-state index is 0.0324. The lowest BCUT2D eigenvalue weighted by Crippen LogP contribution is -2.27. The van der Waals surface area contributed by atoms with Gasteiger partial charge in [0.05, 0.1) is 43.9 Å². The second-order valence-electron chi connectivity index (χ2n) is 7.84. The van der Waals surface area contributed by atoms with Crippen molar-refractivity contribution in [1.29, 1.82) is 0 Å². The van der Waals surface area contributed by atoms with E-state index >= 15 is 0 Å². The first-order chi connectivity index (χ1) is 16.3. The lowest BCUT2D eigenvalue weighted by Gasteiger charge is -2.25. The fraction of sp³-hybridized carbons (Fsp3) is 0.391. The third kappa shape index (κ3) is 5.26. The number of aromatic nitrogens is 2. The number of nitrogens with two attached hydrogens (primary N) is 1. The van der Waals surface area contributed by atoms with Crippen molar-refractivity contribution in [2.45, 2.75) is 18.6 Å². The highest BCUT2D eigenvalue weighted by molar-refractivity contribution is 5.92. The first kappa shape index (κ1) is 23.8. The average Bonchev–Trinajstić information content (AvgIpc) is 2.75. The molecule has 0 amide bonds. The number of halogens is 3. The van der Waals surface area contributed by atoms with Crippen LogP contribution in [0.15, 0.2) is 30.3 Å². The van der Waals surface area contributed by atoms with Crippen LogP contribution < -0.4 is 20.5 Å². The van der Waals surface area contributed by atoms with Crippen molar-refractivity contribution in [3.05, 3.63) is 47.3 Å². The van der Waals surface area contributed by atoms with E-state index in [4.69, 9.17) is 24.7 Å². The average molecular weight is 478 g/mol. The summed E-state index contributed by atoms with van der Waals surface area (Å²) < 4.78 is 61.2. The van der Waals surface area contributed by atoms with Gasteiger partial charge in [0.2, 0.25) is 0 Å². The Balaban J connectivity index is 1.71. The standard InChI is InChI=1S/C23H25F3N4O4/c1-31-3-4-34-20-8-17-18(9-19(20)32-2)29-21(14-11-33-12-14)30-22(17)28-10-13-5-15(23(24,25)26)7-16(27)6-13/h5-9,14H,3-4,10-12,27H2,1-2H3,(H,28,29,30). The van der Waals surface area contributed by atoms with Gasteiger partial charge < -0.3 is 30.0 Å². The second kappa shape index (κ2) is 9.90. The SMILES string of the molecule is COCCOc1cc2c(NCc3cc(N)cc(C(F)(F)F)c3)nc(C3COC3)nc2cc1OC. The van der Waals surface area contributed by atoms with E-state index in [0.29, 0.717) is 66.0 Å². The Morgan fingerprint density at radius 2 is 1.85 bits per heavy atom. The molecule has 1 aliphatic heterocycles. The maximum Gasteiger partial charge on any atom is 0.416 e. The molecule has 34 heavy (non-hydrogen) atoms. The molecular weight excluding hydrogens is 453 g/mol. The molecule has 0 radical (unpaired) electrons. The van der Waals surface area contributed by atoms with Crippen LogP contribution in [0.3, 0.4) is 0 Å². The van der Waals surface area contributed by atoms with Gasteiger partial charge in [0.15, 0.2) is 11.5 Å². The summed E-state index contributed by atoms with van der Waals surface area (Å²) in [6.07, 6.45) is -4.49. The molecule has 2 heterocycles. The number of rotatable bonds is 9. The smallest absolute Gasteiger partial charge is 0.416 e. The Hall–Kier alpha value is -3.31. The summed E-state index contributed by atoms with van der Waals surface area (Å²) in [4.78, 5) is 9.31. The zero-order valence-electron chi connectivity index (χ0n) is 18.7. The Kier molecular flexibility index (Phi) is 6.94. The zero-order chi connectivity index (χ0) is 24.3. The summed E-state index contributed by atoms with van der Waals surface area (Å²) in [7, 11) is 3.10. The molecule has 0 aliphatic carbocycles. The number of methoxy groups -OCH3 is 2. The molecular formula is C23H25F3N4O4. The van der Waals surface area contributed by atoms with Gasteiger partial charge in [0.25, 0.3) is 0 Å². The fourth-order valence-corrected chi connectivity index (χ4v) is 3.53. The van der Waals surface area contributed by atoms with Gasteiger partial charge >= 0.3 is 6.18 Å². The van der Waals surface area contributed by atoms with Gasteiger partial charge in [-0.3, -0.25) is 0 Å². The van der Waals surface area contributed by atoms with Crippen LogP contribution in [0.1, 0.15) is 22.9 Å². The van der Waals surface area contributed by atoms with E-state index < -0.39 is 11.7 Å². The molecule has 1 aromatic heterocycles. The summed E-state index contributed by atoms with van der Waals surface area (Å²) in [5.74, 6) is 2.05. The minimum Gasteiger partial charge on any atom is -0.493 e. The summed E-state index contributed by atoms with van der Waals surface area (Å²) in [6, 6.07) is 6.96. The van der Waals surface area contributed by atoms with E-state index in [0.717, 1.165) is 12.1 Å². The van der Waals surface area contributed by atoms with Crippen LogP contribution in [-0.2, 0) is 22.2 Å². The molecule has 182 valence electrons. The maximum atomic E-state index is 13.2. The van der Waals surface area contributed by atoms with E-state index in [1.54, 1.807) is 19.2 Å². The molecule has 0 saturated carbocycles. The van der Waals surface area contributed by atoms with Crippen LogP contribution in [0.2, 0.25) is 0 Å². The largest absolute Gasteiger partial charge is 0.493 e. The number of fused-ring (bicyclic) bond motifs is 1. The second-order valence-corrected chi connectivity index (χ2v) is 7.84. The molecule has 8 nitrogen and oxygen atoms in total. The van der Waals surface area contributed by atoms with Gasteiger partial charge in [-0.1, -0.05) is 0 Å². The summed E-state index contributed by atoms with van der Waals surface area (Å²) in [6.45, 7) is 1.78. The van der Waals surface area contributed by atoms with Crippen molar-refractivity contribution >= 4 is 22.4 Å².